The zero-order chi connectivity index (χ0) is 14.9. The minimum Gasteiger partial charge on any atom is -0.324 e. The number of sulfone groups is 1. The third kappa shape index (κ3) is 3.59. The Balaban J connectivity index is 2.20. The highest BCUT2D eigenvalue weighted by Crippen LogP contribution is 2.36. The first-order valence-corrected chi connectivity index (χ1v) is 9.43. The van der Waals surface area contributed by atoms with E-state index in [1.165, 1.54) is 12.3 Å². The monoisotopic (exact) mass is 363 g/mol. The van der Waals surface area contributed by atoms with Gasteiger partial charge < -0.3 is 5.73 Å². The van der Waals surface area contributed by atoms with Gasteiger partial charge >= 0.3 is 0 Å². The molecule has 0 saturated heterocycles. The van der Waals surface area contributed by atoms with E-state index in [1.807, 2.05) is 0 Å². The molecule has 1 aromatic rings. The second-order valence-electron chi connectivity index (χ2n) is 5.57. The van der Waals surface area contributed by atoms with Crippen molar-refractivity contribution >= 4 is 25.8 Å². The number of hydrogen-bond donors (Lipinski definition) is 1. The summed E-state index contributed by atoms with van der Waals surface area (Å²) in [5.41, 5.74) is 6.65. The van der Waals surface area contributed by atoms with E-state index in [4.69, 9.17) is 5.73 Å². The van der Waals surface area contributed by atoms with Crippen LogP contribution in [0.25, 0.3) is 0 Å². The van der Waals surface area contributed by atoms with Crippen LogP contribution < -0.4 is 5.73 Å². The van der Waals surface area contributed by atoms with E-state index in [1.54, 1.807) is 12.1 Å². The van der Waals surface area contributed by atoms with Gasteiger partial charge in [-0.05, 0) is 43.4 Å². The van der Waals surface area contributed by atoms with Crippen molar-refractivity contribution in [2.45, 2.75) is 37.0 Å². The van der Waals surface area contributed by atoms with Gasteiger partial charge in [0.05, 0.1) is 5.25 Å². The van der Waals surface area contributed by atoms with Crippen molar-refractivity contribution in [1.29, 1.82) is 0 Å². The van der Waals surface area contributed by atoms with Crippen molar-refractivity contribution < 1.29 is 12.8 Å². The maximum Gasteiger partial charge on any atom is 0.150 e. The zero-order valence-corrected chi connectivity index (χ0v) is 13.8. The van der Waals surface area contributed by atoms with Crippen LogP contribution in [0.5, 0.6) is 0 Å². The smallest absolute Gasteiger partial charge is 0.150 e. The van der Waals surface area contributed by atoms with Gasteiger partial charge in [0.2, 0.25) is 0 Å². The predicted molar refractivity (Wildman–Crippen MR) is 81.6 cm³/mol. The molecule has 0 spiro atoms. The van der Waals surface area contributed by atoms with Crippen LogP contribution in [0.15, 0.2) is 22.7 Å². The van der Waals surface area contributed by atoms with Crippen LogP contribution in [0, 0.1) is 11.7 Å². The summed E-state index contributed by atoms with van der Waals surface area (Å²) in [6, 6.07) is 4.24. The Morgan fingerprint density at radius 1 is 1.40 bits per heavy atom. The highest BCUT2D eigenvalue weighted by molar-refractivity contribution is 9.10. The third-order valence-corrected chi connectivity index (χ3v) is 6.23. The fraction of sp³-hybridized carbons (Fsp3) is 0.571. The summed E-state index contributed by atoms with van der Waals surface area (Å²) in [5.74, 6) is -0.325. The molecule has 0 radical (unpaired) electrons. The zero-order valence-electron chi connectivity index (χ0n) is 11.4. The molecule has 1 aliphatic carbocycles. The van der Waals surface area contributed by atoms with E-state index in [0.29, 0.717) is 18.4 Å². The molecule has 3 unspecified atom stereocenters. The molecule has 3 nitrogen and oxygen atoms in total. The van der Waals surface area contributed by atoms with E-state index < -0.39 is 15.9 Å². The Morgan fingerprint density at radius 3 is 2.75 bits per heavy atom. The summed E-state index contributed by atoms with van der Waals surface area (Å²) in [4.78, 5) is 0. The van der Waals surface area contributed by atoms with Crippen LogP contribution in [-0.2, 0) is 9.84 Å². The molecule has 2 rings (SSSR count). The Kier molecular flexibility index (Phi) is 4.87. The molecule has 6 heteroatoms. The highest BCUT2D eigenvalue weighted by Gasteiger charge is 2.33. The standard InChI is InChI=1S/C14H19BrFNO2S/c1-20(18,19)11-4-2-3-9(7-11)14(17)12-8-10(15)5-6-13(12)16/h5-6,8-9,11,14H,2-4,7,17H2,1H3. The first-order chi connectivity index (χ1) is 9.29. The number of rotatable bonds is 3. The molecule has 3 atom stereocenters. The van der Waals surface area contributed by atoms with Gasteiger partial charge in [-0.15, -0.1) is 0 Å². The molecule has 0 heterocycles. The molecule has 1 fully saturated rings. The fourth-order valence-corrected chi connectivity index (χ4v) is 4.49. The second-order valence-corrected chi connectivity index (χ2v) is 8.81. The predicted octanol–water partition coefficient (Wildman–Crippen LogP) is 3.19. The molecule has 0 amide bonds. The van der Waals surface area contributed by atoms with Crippen molar-refractivity contribution in [2.24, 2.45) is 11.7 Å². The lowest BCUT2D eigenvalue weighted by Gasteiger charge is -2.32. The van der Waals surface area contributed by atoms with Crippen molar-refractivity contribution in [3.63, 3.8) is 0 Å². The van der Waals surface area contributed by atoms with Gasteiger partial charge in [-0.2, -0.15) is 0 Å². The molecule has 0 aromatic heterocycles. The first kappa shape index (κ1) is 15.9. The van der Waals surface area contributed by atoms with Gasteiger partial charge in [-0.25, -0.2) is 12.8 Å². The van der Waals surface area contributed by atoms with E-state index in [9.17, 15) is 12.8 Å². The fourth-order valence-electron chi connectivity index (χ4n) is 2.92. The van der Waals surface area contributed by atoms with E-state index in [2.05, 4.69) is 15.9 Å². The van der Waals surface area contributed by atoms with Gasteiger partial charge in [0.15, 0.2) is 0 Å². The summed E-state index contributed by atoms with van der Waals surface area (Å²) in [7, 11) is -3.05. The van der Waals surface area contributed by atoms with Crippen LogP contribution in [0.3, 0.4) is 0 Å². The van der Waals surface area contributed by atoms with Crippen molar-refractivity contribution in [2.75, 3.05) is 6.26 Å². The lowest BCUT2D eigenvalue weighted by Crippen LogP contribution is -2.33. The lowest BCUT2D eigenvalue weighted by molar-refractivity contribution is 0.304. The third-order valence-electron chi connectivity index (χ3n) is 4.10. The lowest BCUT2D eigenvalue weighted by atomic mass is 9.81. The Hall–Kier alpha value is -0.460. The Labute approximate surface area is 127 Å². The quantitative estimate of drug-likeness (QED) is 0.896. The van der Waals surface area contributed by atoms with E-state index >= 15 is 0 Å². The van der Waals surface area contributed by atoms with Crippen LogP contribution in [-0.4, -0.2) is 19.9 Å². The molecule has 112 valence electrons. The SMILES string of the molecule is CS(=O)(=O)C1CCCC(C(N)c2cc(Br)ccc2F)C1. The Bertz CT molecular complexity index is 591. The average Bonchev–Trinajstić information content (AvgIpc) is 2.40. The molecular weight excluding hydrogens is 345 g/mol. The molecule has 1 aromatic carbocycles. The van der Waals surface area contributed by atoms with Gasteiger partial charge in [0.25, 0.3) is 0 Å². The summed E-state index contributed by atoms with van der Waals surface area (Å²) in [6.07, 6.45) is 4.14. The highest BCUT2D eigenvalue weighted by atomic mass is 79.9. The molecule has 0 bridgehead atoms. The molecule has 1 aliphatic rings. The summed E-state index contributed by atoms with van der Waals surface area (Å²) >= 11 is 3.31. The van der Waals surface area contributed by atoms with E-state index in [-0.39, 0.29) is 17.0 Å². The van der Waals surface area contributed by atoms with Crippen LogP contribution >= 0.6 is 15.9 Å². The molecule has 2 N–H and O–H groups in total. The Morgan fingerprint density at radius 2 is 2.10 bits per heavy atom. The number of nitrogens with two attached hydrogens (primary N) is 1. The van der Waals surface area contributed by atoms with Gasteiger partial charge in [-0.1, -0.05) is 22.4 Å². The van der Waals surface area contributed by atoms with Crippen LogP contribution in [0.1, 0.15) is 37.3 Å². The molecule has 1 saturated carbocycles. The average molecular weight is 364 g/mol. The van der Waals surface area contributed by atoms with E-state index in [0.717, 1.165) is 17.3 Å². The van der Waals surface area contributed by atoms with Gasteiger partial charge in [0.1, 0.15) is 15.7 Å². The first-order valence-electron chi connectivity index (χ1n) is 6.68. The summed E-state index contributed by atoms with van der Waals surface area (Å²) in [5, 5.41) is -0.345. The van der Waals surface area contributed by atoms with Crippen LogP contribution in [0.2, 0.25) is 0 Å². The largest absolute Gasteiger partial charge is 0.324 e. The summed E-state index contributed by atoms with van der Waals surface area (Å²) in [6.45, 7) is 0. The van der Waals surface area contributed by atoms with Gasteiger partial charge in [0, 0.05) is 22.3 Å². The van der Waals surface area contributed by atoms with Gasteiger partial charge in [-0.3, -0.25) is 0 Å². The maximum absolute atomic E-state index is 13.9. The molecule has 20 heavy (non-hydrogen) atoms. The minimum atomic E-state index is -3.05. The second kappa shape index (κ2) is 6.12. The van der Waals surface area contributed by atoms with Crippen molar-refractivity contribution in [1.82, 2.24) is 0 Å². The number of benzene rings is 1. The van der Waals surface area contributed by atoms with Crippen molar-refractivity contribution in [3.8, 4) is 0 Å². The van der Waals surface area contributed by atoms with Crippen molar-refractivity contribution in [3.05, 3.63) is 34.1 Å². The minimum absolute atomic E-state index is 0.00674. The van der Waals surface area contributed by atoms with Crippen LogP contribution in [0.4, 0.5) is 4.39 Å². The number of halogens is 2. The number of hydrogen-bond acceptors (Lipinski definition) is 3. The summed E-state index contributed by atoms with van der Waals surface area (Å²) < 4.78 is 38.0. The normalized spacial score (nSPS) is 25.4. The molecular formula is C14H19BrFNO2S. The topological polar surface area (TPSA) is 60.2 Å². The maximum atomic E-state index is 13.9. The molecule has 0 aliphatic heterocycles.